The molecule has 1 N–H and O–H groups in total. The van der Waals surface area contributed by atoms with Crippen molar-refractivity contribution in [1.29, 1.82) is 0 Å². The number of aromatic nitrogens is 5. The maximum absolute atomic E-state index is 13.1. The van der Waals surface area contributed by atoms with Crippen molar-refractivity contribution in [2.75, 3.05) is 5.32 Å². The predicted octanol–water partition coefficient (Wildman–Crippen LogP) is 3.88. The molecule has 3 aromatic heterocycles. The molecule has 0 unspecified atom stereocenters. The molecule has 0 atom stereocenters. The van der Waals surface area contributed by atoms with Gasteiger partial charge in [-0.1, -0.05) is 23.5 Å². The number of benzene rings is 1. The van der Waals surface area contributed by atoms with Crippen molar-refractivity contribution < 1.29 is 13.6 Å². The van der Waals surface area contributed by atoms with Crippen molar-refractivity contribution in [3.63, 3.8) is 0 Å². The van der Waals surface area contributed by atoms with Crippen LogP contribution in [0.1, 0.15) is 25.6 Å². The summed E-state index contributed by atoms with van der Waals surface area (Å²) < 4.78 is 30.3. The number of anilines is 1. The minimum absolute atomic E-state index is 0.0667. The Morgan fingerprint density at radius 2 is 1.94 bits per heavy atom. The monoisotopic (exact) mass is 446 g/mol. The Morgan fingerprint density at radius 1 is 1.23 bits per heavy atom. The van der Waals surface area contributed by atoms with Crippen LogP contribution in [0.25, 0.3) is 21.7 Å². The number of halogens is 2. The topological polar surface area (TPSA) is 86.7 Å². The molecule has 8 nitrogen and oxygen atoms in total. The molecule has 11 heteroatoms. The van der Waals surface area contributed by atoms with E-state index in [1.165, 1.54) is 12.4 Å². The molecule has 1 amide bonds. The number of aryl methyl sites for hydroxylation is 3. The van der Waals surface area contributed by atoms with Crippen molar-refractivity contribution >= 4 is 33.4 Å². The third-order valence-electron chi connectivity index (χ3n) is 4.93. The second-order valence-electron chi connectivity index (χ2n) is 6.83. The van der Waals surface area contributed by atoms with Crippen LogP contribution in [0.2, 0.25) is 0 Å². The van der Waals surface area contributed by atoms with Gasteiger partial charge in [0.25, 0.3) is 0 Å². The fourth-order valence-electron chi connectivity index (χ4n) is 3.49. The van der Waals surface area contributed by atoms with Crippen LogP contribution in [0.15, 0.2) is 41.5 Å². The van der Waals surface area contributed by atoms with Gasteiger partial charge < -0.3 is 5.32 Å². The number of para-hydroxylation sites is 2. The summed E-state index contributed by atoms with van der Waals surface area (Å²) in [6.07, 6.45) is 2.56. The highest BCUT2D eigenvalue weighted by Crippen LogP contribution is 2.33. The van der Waals surface area contributed by atoms with Gasteiger partial charge >= 0.3 is 12.2 Å². The minimum Gasteiger partial charge on any atom is -0.302 e. The number of nitrogens with zero attached hydrogens (tertiary/aromatic N) is 5. The Kier molecular flexibility index (Phi) is 5.68. The number of nitrogens with one attached hydrogen (secondary N) is 1. The van der Waals surface area contributed by atoms with Crippen molar-refractivity contribution in [2.45, 2.75) is 39.9 Å². The molecule has 0 radical (unpaired) electrons. The van der Waals surface area contributed by atoms with Gasteiger partial charge in [0.2, 0.25) is 5.91 Å². The lowest BCUT2D eigenvalue weighted by Crippen LogP contribution is -2.25. The van der Waals surface area contributed by atoms with Crippen LogP contribution in [-0.2, 0) is 17.9 Å². The number of imidazole rings is 2. The number of amides is 1. The van der Waals surface area contributed by atoms with E-state index in [4.69, 9.17) is 0 Å². The van der Waals surface area contributed by atoms with E-state index in [1.54, 1.807) is 16.1 Å². The maximum atomic E-state index is 13.1. The molecule has 1 aromatic carbocycles. The van der Waals surface area contributed by atoms with Gasteiger partial charge in [-0.05, 0) is 26.0 Å². The molecule has 31 heavy (non-hydrogen) atoms. The van der Waals surface area contributed by atoms with E-state index in [0.717, 1.165) is 26.9 Å². The Balaban J connectivity index is 1.50. The molecule has 0 saturated heterocycles. The molecule has 0 aliphatic rings. The van der Waals surface area contributed by atoms with Crippen LogP contribution in [0.3, 0.4) is 0 Å². The molecule has 4 aromatic rings. The molecular weight excluding hydrogens is 426 g/mol. The van der Waals surface area contributed by atoms with E-state index >= 15 is 0 Å². The summed E-state index contributed by atoms with van der Waals surface area (Å²) in [5.41, 5.74) is 1.93. The lowest BCUT2D eigenvalue weighted by Gasteiger charge is -2.04. The zero-order valence-electron chi connectivity index (χ0n) is 16.9. The van der Waals surface area contributed by atoms with Gasteiger partial charge in [-0.3, -0.25) is 18.5 Å². The summed E-state index contributed by atoms with van der Waals surface area (Å²) in [6, 6.07) is 7.44. The normalized spacial score (nSPS) is 11.5. The van der Waals surface area contributed by atoms with Crippen LogP contribution in [0.4, 0.5) is 13.9 Å². The Bertz CT molecular complexity index is 1300. The number of hydrogen-bond acceptors (Lipinski definition) is 5. The molecule has 0 aliphatic carbocycles. The summed E-state index contributed by atoms with van der Waals surface area (Å²) in [7, 11) is 0. The molecule has 0 saturated carbocycles. The predicted molar refractivity (Wildman–Crippen MR) is 114 cm³/mol. The average molecular weight is 446 g/mol. The Labute approximate surface area is 179 Å². The third kappa shape index (κ3) is 3.88. The van der Waals surface area contributed by atoms with Crippen LogP contribution >= 0.6 is 11.3 Å². The highest BCUT2D eigenvalue weighted by molar-refractivity contribution is 7.19. The summed E-state index contributed by atoms with van der Waals surface area (Å²) in [6.45, 7) is 1.59. The van der Waals surface area contributed by atoms with E-state index in [0.29, 0.717) is 22.2 Å². The van der Waals surface area contributed by atoms with Crippen LogP contribution in [0.5, 0.6) is 0 Å². The van der Waals surface area contributed by atoms with Gasteiger partial charge in [0.05, 0.1) is 21.6 Å². The number of fused-ring (bicyclic) bond motifs is 1. The lowest BCUT2D eigenvalue weighted by atomic mass is 10.3. The number of thiazole rings is 1. The standard InChI is InChI=1S/C20H20F2N6O2S/c1-3-26-13-6-4-5-7-14(13)27(20(26)30)10-8-15(29)25-19-24-12(2)16(31-19)17-23-9-11-28(17)18(21)22/h4-7,9,11,18H,3,8,10H2,1-2H3,(H,24,25,29). The molecule has 162 valence electrons. The largest absolute Gasteiger partial charge is 0.329 e. The van der Waals surface area contributed by atoms with Crippen LogP contribution in [0, 0.1) is 6.92 Å². The second-order valence-corrected chi connectivity index (χ2v) is 7.83. The molecule has 0 aliphatic heterocycles. The van der Waals surface area contributed by atoms with E-state index in [-0.39, 0.29) is 30.4 Å². The number of carbonyl (C=O) groups excluding carboxylic acids is 1. The van der Waals surface area contributed by atoms with Gasteiger partial charge in [0.15, 0.2) is 11.0 Å². The molecule has 3 heterocycles. The number of rotatable bonds is 7. The minimum atomic E-state index is -2.72. The van der Waals surface area contributed by atoms with Gasteiger partial charge in [0.1, 0.15) is 0 Å². The summed E-state index contributed by atoms with van der Waals surface area (Å²) in [4.78, 5) is 33.9. The van der Waals surface area contributed by atoms with E-state index in [2.05, 4.69) is 15.3 Å². The molecule has 0 fully saturated rings. The lowest BCUT2D eigenvalue weighted by molar-refractivity contribution is -0.116. The fraction of sp³-hybridized carbons (Fsp3) is 0.300. The van der Waals surface area contributed by atoms with Crippen molar-refractivity contribution in [1.82, 2.24) is 23.7 Å². The summed E-state index contributed by atoms with van der Waals surface area (Å²) >= 11 is 1.08. The second kappa shape index (κ2) is 8.42. The van der Waals surface area contributed by atoms with Gasteiger partial charge in [-0.25, -0.2) is 14.8 Å². The fourth-order valence-corrected chi connectivity index (χ4v) is 4.48. The van der Waals surface area contributed by atoms with Crippen molar-refractivity contribution in [3.8, 4) is 10.7 Å². The first-order valence-corrected chi connectivity index (χ1v) is 10.5. The first-order valence-electron chi connectivity index (χ1n) is 9.67. The zero-order chi connectivity index (χ0) is 22.1. The highest BCUT2D eigenvalue weighted by Gasteiger charge is 2.20. The van der Waals surface area contributed by atoms with Crippen molar-refractivity contribution in [2.24, 2.45) is 0 Å². The number of hydrogen-bond donors (Lipinski definition) is 1. The molecular formula is C20H20F2N6O2S. The summed E-state index contributed by atoms with van der Waals surface area (Å²) in [5, 5.41) is 2.99. The van der Waals surface area contributed by atoms with E-state index in [9.17, 15) is 18.4 Å². The maximum Gasteiger partial charge on any atom is 0.329 e. The number of alkyl halides is 2. The van der Waals surface area contributed by atoms with Gasteiger partial charge in [0, 0.05) is 31.9 Å². The van der Waals surface area contributed by atoms with Crippen LogP contribution < -0.4 is 11.0 Å². The molecule has 0 spiro atoms. The zero-order valence-corrected chi connectivity index (χ0v) is 17.7. The molecule has 0 bridgehead atoms. The molecule has 4 rings (SSSR count). The SMILES string of the molecule is CCn1c(=O)n(CCC(=O)Nc2nc(C)c(-c3nccn3C(F)F)s2)c2ccccc21. The third-order valence-corrected chi connectivity index (χ3v) is 6.00. The van der Waals surface area contributed by atoms with E-state index in [1.807, 2.05) is 31.2 Å². The highest BCUT2D eigenvalue weighted by atomic mass is 32.1. The average Bonchev–Trinajstić information content (AvgIpc) is 3.42. The van der Waals surface area contributed by atoms with Gasteiger partial charge in [-0.2, -0.15) is 8.78 Å². The van der Waals surface area contributed by atoms with Gasteiger partial charge in [-0.15, -0.1) is 0 Å². The Hall–Kier alpha value is -3.34. The first kappa shape index (κ1) is 20.9. The number of carbonyl (C=O) groups is 1. The first-order chi connectivity index (χ1) is 14.9. The van der Waals surface area contributed by atoms with E-state index < -0.39 is 6.55 Å². The summed E-state index contributed by atoms with van der Waals surface area (Å²) in [5.74, 6) is -0.220. The smallest absolute Gasteiger partial charge is 0.302 e. The van der Waals surface area contributed by atoms with Crippen LogP contribution in [-0.4, -0.2) is 29.6 Å². The van der Waals surface area contributed by atoms with Crippen molar-refractivity contribution in [3.05, 3.63) is 52.8 Å². The quantitative estimate of drug-likeness (QED) is 0.467. The Morgan fingerprint density at radius 3 is 2.61 bits per heavy atom.